The van der Waals surface area contributed by atoms with Crippen LogP contribution >= 0.6 is 27.5 Å². The molecule has 15 heavy (non-hydrogen) atoms. The van der Waals surface area contributed by atoms with E-state index in [1.807, 2.05) is 6.07 Å². The van der Waals surface area contributed by atoms with Crippen LogP contribution < -0.4 is 4.74 Å². The van der Waals surface area contributed by atoms with Crippen LogP contribution in [0.1, 0.15) is 18.4 Å². The van der Waals surface area contributed by atoms with Gasteiger partial charge in [0.25, 0.3) is 0 Å². The highest BCUT2D eigenvalue weighted by Gasteiger charge is 2.40. The van der Waals surface area contributed by atoms with Crippen molar-refractivity contribution in [2.45, 2.75) is 24.9 Å². The molecule has 0 heterocycles. The summed E-state index contributed by atoms with van der Waals surface area (Å²) in [5.41, 5.74) is 0.484. The molecule has 82 valence electrons. The average Bonchev–Trinajstić information content (AvgIpc) is 2.89. The maximum atomic E-state index is 9.86. The Hall–Kier alpha value is -0.250. The van der Waals surface area contributed by atoms with Crippen molar-refractivity contribution < 1.29 is 9.84 Å². The fraction of sp³-hybridized carbons (Fsp3) is 0.455. The second-order valence-electron chi connectivity index (χ2n) is 3.98. The Balaban J connectivity index is 2.32. The lowest BCUT2D eigenvalue weighted by atomic mass is 10.1. The Morgan fingerprint density at radius 1 is 1.53 bits per heavy atom. The largest absolute Gasteiger partial charge is 0.496 e. The zero-order valence-corrected chi connectivity index (χ0v) is 10.7. The molecule has 0 atom stereocenters. The van der Waals surface area contributed by atoms with Gasteiger partial charge >= 0.3 is 0 Å². The smallest absolute Gasteiger partial charge is 0.134 e. The quantitative estimate of drug-likeness (QED) is 0.927. The van der Waals surface area contributed by atoms with E-state index in [1.165, 1.54) is 0 Å². The van der Waals surface area contributed by atoms with E-state index >= 15 is 0 Å². The molecule has 1 saturated carbocycles. The van der Waals surface area contributed by atoms with Crippen molar-refractivity contribution >= 4 is 27.5 Å². The third kappa shape index (κ3) is 2.47. The van der Waals surface area contributed by atoms with Gasteiger partial charge in [0, 0.05) is 11.4 Å². The summed E-state index contributed by atoms with van der Waals surface area (Å²) in [5, 5.41) is 10.5. The summed E-state index contributed by atoms with van der Waals surface area (Å²) >= 11 is 9.43. The van der Waals surface area contributed by atoms with Crippen molar-refractivity contribution in [2.75, 3.05) is 7.11 Å². The Bertz CT molecular complexity index is 388. The van der Waals surface area contributed by atoms with Gasteiger partial charge < -0.3 is 9.84 Å². The first-order valence-electron chi connectivity index (χ1n) is 4.78. The van der Waals surface area contributed by atoms with Crippen molar-refractivity contribution in [2.24, 2.45) is 0 Å². The van der Waals surface area contributed by atoms with Crippen molar-refractivity contribution in [1.82, 2.24) is 0 Å². The van der Waals surface area contributed by atoms with E-state index in [1.54, 1.807) is 13.2 Å². The topological polar surface area (TPSA) is 29.5 Å². The number of aliphatic hydroxyl groups is 1. The van der Waals surface area contributed by atoms with Crippen LogP contribution in [0.5, 0.6) is 5.75 Å². The van der Waals surface area contributed by atoms with Gasteiger partial charge in [-0.1, -0.05) is 11.6 Å². The normalized spacial score (nSPS) is 17.6. The summed E-state index contributed by atoms with van der Waals surface area (Å²) in [6.07, 6.45) is 2.37. The van der Waals surface area contributed by atoms with Crippen LogP contribution in [0.4, 0.5) is 0 Å². The lowest BCUT2D eigenvalue weighted by Gasteiger charge is -2.12. The van der Waals surface area contributed by atoms with E-state index in [0.717, 1.165) is 22.9 Å². The van der Waals surface area contributed by atoms with Gasteiger partial charge in [-0.25, -0.2) is 0 Å². The lowest BCUT2D eigenvalue weighted by Crippen LogP contribution is -2.11. The van der Waals surface area contributed by atoms with Gasteiger partial charge in [-0.05, 0) is 46.5 Å². The molecule has 0 amide bonds. The molecule has 0 spiro atoms. The number of rotatable bonds is 3. The van der Waals surface area contributed by atoms with Gasteiger partial charge in [0.2, 0.25) is 0 Å². The predicted molar refractivity (Wildman–Crippen MR) is 63.6 cm³/mol. The second kappa shape index (κ2) is 3.96. The number of methoxy groups -OCH3 is 1. The Morgan fingerprint density at radius 2 is 2.20 bits per heavy atom. The first-order valence-corrected chi connectivity index (χ1v) is 5.95. The van der Waals surface area contributed by atoms with Crippen LogP contribution in [0.25, 0.3) is 0 Å². The van der Waals surface area contributed by atoms with E-state index in [-0.39, 0.29) is 0 Å². The summed E-state index contributed by atoms with van der Waals surface area (Å²) < 4.78 is 6.07. The van der Waals surface area contributed by atoms with Crippen LogP contribution in [0.2, 0.25) is 5.02 Å². The average molecular weight is 292 g/mol. The Morgan fingerprint density at radius 3 is 2.73 bits per heavy atom. The molecular weight excluding hydrogens is 279 g/mol. The molecule has 0 bridgehead atoms. The van der Waals surface area contributed by atoms with E-state index in [0.29, 0.717) is 17.2 Å². The molecule has 0 aliphatic heterocycles. The monoisotopic (exact) mass is 290 g/mol. The first kappa shape index (κ1) is 11.2. The van der Waals surface area contributed by atoms with Crippen LogP contribution in [0.15, 0.2) is 16.6 Å². The van der Waals surface area contributed by atoms with Gasteiger partial charge in [0.05, 0.1) is 17.2 Å². The van der Waals surface area contributed by atoms with E-state index in [4.69, 9.17) is 16.3 Å². The van der Waals surface area contributed by atoms with E-state index < -0.39 is 5.60 Å². The molecule has 2 rings (SSSR count). The highest BCUT2D eigenvalue weighted by atomic mass is 79.9. The Labute approximate surface area is 102 Å². The summed E-state index contributed by atoms with van der Waals surface area (Å²) in [4.78, 5) is 0. The highest BCUT2D eigenvalue weighted by molar-refractivity contribution is 9.10. The third-order valence-corrected chi connectivity index (χ3v) is 3.76. The van der Waals surface area contributed by atoms with Gasteiger partial charge in [-0.15, -0.1) is 0 Å². The SMILES string of the molecule is COc1cc(Cl)cc(CC2(O)CC2)c1Br. The van der Waals surface area contributed by atoms with Crippen molar-refractivity contribution in [1.29, 1.82) is 0 Å². The lowest BCUT2D eigenvalue weighted by molar-refractivity contribution is 0.150. The highest BCUT2D eigenvalue weighted by Crippen LogP contribution is 2.42. The van der Waals surface area contributed by atoms with Crippen LogP contribution in [-0.2, 0) is 6.42 Å². The number of hydrogen-bond acceptors (Lipinski definition) is 2. The fourth-order valence-corrected chi connectivity index (χ4v) is 2.33. The number of ether oxygens (including phenoxy) is 1. The maximum Gasteiger partial charge on any atom is 0.134 e. The zero-order valence-electron chi connectivity index (χ0n) is 8.39. The molecule has 1 aliphatic rings. The molecule has 0 unspecified atom stereocenters. The Kier molecular flexibility index (Phi) is 2.97. The van der Waals surface area contributed by atoms with Gasteiger partial charge in [-0.3, -0.25) is 0 Å². The van der Waals surface area contributed by atoms with Crippen LogP contribution in [0, 0.1) is 0 Å². The summed E-state index contributed by atoms with van der Waals surface area (Å²) in [5.74, 6) is 0.710. The minimum atomic E-state index is -0.516. The van der Waals surface area contributed by atoms with Gasteiger partial charge in [0.1, 0.15) is 5.75 Å². The van der Waals surface area contributed by atoms with Crippen molar-refractivity contribution in [3.8, 4) is 5.75 Å². The summed E-state index contributed by atoms with van der Waals surface area (Å²) in [6, 6.07) is 3.62. The van der Waals surface area contributed by atoms with Crippen LogP contribution in [-0.4, -0.2) is 17.8 Å². The third-order valence-electron chi connectivity index (χ3n) is 2.65. The molecule has 0 aromatic heterocycles. The summed E-state index contributed by atoms with van der Waals surface area (Å²) in [6.45, 7) is 0. The van der Waals surface area contributed by atoms with E-state index in [2.05, 4.69) is 15.9 Å². The molecule has 1 N–H and O–H groups in total. The fourth-order valence-electron chi connectivity index (χ4n) is 1.57. The molecule has 4 heteroatoms. The zero-order chi connectivity index (χ0) is 11.1. The number of halogens is 2. The molecular formula is C11H12BrClO2. The molecule has 1 aromatic carbocycles. The van der Waals surface area contributed by atoms with E-state index in [9.17, 15) is 5.11 Å². The van der Waals surface area contributed by atoms with Gasteiger partial charge in [-0.2, -0.15) is 0 Å². The minimum absolute atomic E-state index is 0.516. The van der Waals surface area contributed by atoms with Crippen molar-refractivity contribution in [3.05, 3.63) is 27.2 Å². The maximum absolute atomic E-state index is 9.86. The van der Waals surface area contributed by atoms with Crippen LogP contribution in [0.3, 0.4) is 0 Å². The molecule has 0 radical (unpaired) electrons. The second-order valence-corrected chi connectivity index (χ2v) is 5.21. The number of benzene rings is 1. The molecule has 1 aromatic rings. The van der Waals surface area contributed by atoms with Crippen molar-refractivity contribution in [3.63, 3.8) is 0 Å². The van der Waals surface area contributed by atoms with Gasteiger partial charge in [0.15, 0.2) is 0 Å². The predicted octanol–water partition coefficient (Wildman–Crippen LogP) is 3.18. The molecule has 1 aliphatic carbocycles. The number of hydrogen-bond donors (Lipinski definition) is 1. The molecule has 0 saturated heterocycles. The molecule has 2 nitrogen and oxygen atoms in total. The standard InChI is InChI=1S/C11H12BrClO2/c1-15-9-5-8(13)4-7(10(9)12)6-11(14)2-3-11/h4-5,14H,2-3,6H2,1H3. The first-order chi connectivity index (χ1) is 7.04. The minimum Gasteiger partial charge on any atom is -0.496 e. The summed E-state index contributed by atoms with van der Waals surface area (Å²) in [7, 11) is 1.60. The molecule has 1 fully saturated rings.